The molecule has 0 unspecified atom stereocenters. The van der Waals surface area contributed by atoms with E-state index in [0.717, 1.165) is 0 Å². The van der Waals surface area contributed by atoms with Crippen LogP contribution in [-0.4, -0.2) is 37.0 Å². The maximum atomic E-state index is 12.9. The zero-order valence-corrected chi connectivity index (χ0v) is 11.7. The Hall–Kier alpha value is -1.43. The number of rotatable bonds is 4. The van der Waals surface area contributed by atoms with Gasteiger partial charge in [-0.05, 0) is 41.1 Å². The van der Waals surface area contributed by atoms with Gasteiger partial charge in [-0.1, -0.05) is 0 Å². The number of hydrogen-bond acceptors (Lipinski definition) is 3. The molecule has 0 fully saturated rings. The Morgan fingerprint density at radius 2 is 2.11 bits per heavy atom. The van der Waals surface area contributed by atoms with Crippen molar-refractivity contribution < 1.29 is 18.7 Å². The van der Waals surface area contributed by atoms with Gasteiger partial charge in [-0.2, -0.15) is 0 Å². The second kappa shape index (κ2) is 6.49. The van der Waals surface area contributed by atoms with Crippen LogP contribution in [0.25, 0.3) is 0 Å². The Morgan fingerprint density at radius 1 is 1.44 bits per heavy atom. The molecule has 0 spiro atoms. The standard InChI is InChI=1S/C12H13BrFNO3/c1-3-18-11(16)7-15(2)12(17)9-5-4-8(14)6-10(9)13/h4-6H,3,7H2,1-2H3. The summed E-state index contributed by atoms with van der Waals surface area (Å²) in [5, 5.41) is 0. The number of likely N-dealkylation sites (N-methyl/N-ethyl adjacent to an activating group) is 1. The van der Waals surface area contributed by atoms with E-state index in [1.807, 2.05) is 0 Å². The first-order valence-electron chi connectivity index (χ1n) is 5.31. The Labute approximate surface area is 113 Å². The highest BCUT2D eigenvalue weighted by atomic mass is 79.9. The number of carbonyl (C=O) groups is 2. The number of esters is 1. The van der Waals surface area contributed by atoms with Crippen LogP contribution in [0.4, 0.5) is 4.39 Å². The first kappa shape index (κ1) is 14.6. The fourth-order valence-electron chi connectivity index (χ4n) is 1.34. The quantitative estimate of drug-likeness (QED) is 0.800. The van der Waals surface area contributed by atoms with Crippen molar-refractivity contribution in [1.82, 2.24) is 4.90 Å². The minimum absolute atomic E-state index is 0.142. The Morgan fingerprint density at radius 3 is 2.67 bits per heavy atom. The van der Waals surface area contributed by atoms with Crippen LogP contribution >= 0.6 is 15.9 Å². The zero-order chi connectivity index (χ0) is 13.7. The molecule has 1 aromatic carbocycles. The molecule has 0 atom stereocenters. The smallest absolute Gasteiger partial charge is 0.325 e. The molecule has 1 amide bonds. The molecule has 18 heavy (non-hydrogen) atoms. The third-order valence-corrected chi connectivity index (χ3v) is 2.84. The van der Waals surface area contributed by atoms with E-state index in [9.17, 15) is 14.0 Å². The molecular weight excluding hydrogens is 305 g/mol. The molecule has 0 radical (unpaired) electrons. The molecule has 6 heteroatoms. The molecular formula is C12H13BrFNO3. The lowest BCUT2D eigenvalue weighted by Gasteiger charge is -2.16. The van der Waals surface area contributed by atoms with Crippen LogP contribution in [0.2, 0.25) is 0 Å². The van der Waals surface area contributed by atoms with Crippen LogP contribution in [0, 0.1) is 5.82 Å². The maximum absolute atomic E-state index is 12.9. The molecule has 98 valence electrons. The molecule has 4 nitrogen and oxygen atoms in total. The second-order valence-corrected chi connectivity index (χ2v) is 4.44. The van der Waals surface area contributed by atoms with Gasteiger partial charge in [-0.25, -0.2) is 4.39 Å². The highest BCUT2D eigenvalue weighted by molar-refractivity contribution is 9.10. The molecule has 1 aromatic rings. The fraction of sp³-hybridized carbons (Fsp3) is 0.333. The van der Waals surface area contributed by atoms with E-state index in [1.165, 1.54) is 30.1 Å². The van der Waals surface area contributed by atoms with Crippen LogP contribution in [0.5, 0.6) is 0 Å². The van der Waals surface area contributed by atoms with Gasteiger partial charge in [0.2, 0.25) is 0 Å². The van der Waals surface area contributed by atoms with E-state index in [2.05, 4.69) is 15.9 Å². The number of carbonyl (C=O) groups excluding carboxylic acids is 2. The van der Waals surface area contributed by atoms with E-state index >= 15 is 0 Å². The van der Waals surface area contributed by atoms with Gasteiger partial charge in [0, 0.05) is 11.5 Å². The van der Waals surface area contributed by atoms with Gasteiger partial charge >= 0.3 is 5.97 Å². The lowest BCUT2D eigenvalue weighted by molar-refractivity contribution is -0.143. The van der Waals surface area contributed by atoms with Crippen molar-refractivity contribution in [2.24, 2.45) is 0 Å². The average molecular weight is 318 g/mol. The van der Waals surface area contributed by atoms with Crippen LogP contribution in [0.1, 0.15) is 17.3 Å². The molecule has 0 aromatic heterocycles. The van der Waals surface area contributed by atoms with Crippen molar-refractivity contribution in [2.75, 3.05) is 20.2 Å². The van der Waals surface area contributed by atoms with Gasteiger partial charge in [-0.3, -0.25) is 9.59 Å². The summed E-state index contributed by atoms with van der Waals surface area (Å²) in [7, 11) is 1.48. The number of hydrogen-bond donors (Lipinski definition) is 0. The molecule has 0 N–H and O–H groups in total. The monoisotopic (exact) mass is 317 g/mol. The van der Waals surface area contributed by atoms with Gasteiger partial charge in [0.05, 0.1) is 12.2 Å². The number of benzene rings is 1. The Kier molecular flexibility index (Phi) is 5.27. The molecule has 0 aliphatic rings. The highest BCUT2D eigenvalue weighted by Crippen LogP contribution is 2.19. The number of nitrogens with zero attached hydrogens (tertiary/aromatic N) is 1. The van der Waals surface area contributed by atoms with E-state index in [4.69, 9.17) is 4.74 Å². The Balaban J connectivity index is 2.77. The van der Waals surface area contributed by atoms with Gasteiger partial charge in [0.1, 0.15) is 12.4 Å². The summed E-state index contributed by atoms with van der Waals surface area (Å²) >= 11 is 3.11. The zero-order valence-electron chi connectivity index (χ0n) is 10.1. The predicted octanol–water partition coefficient (Wildman–Crippen LogP) is 2.22. The fourth-order valence-corrected chi connectivity index (χ4v) is 1.86. The van der Waals surface area contributed by atoms with Crippen LogP contribution < -0.4 is 0 Å². The largest absolute Gasteiger partial charge is 0.465 e. The van der Waals surface area contributed by atoms with Gasteiger partial charge in [0.15, 0.2) is 0 Å². The first-order valence-corrected chi connectivity index (χ1v) is 6.11. The number of ether oxygens (including phenoxy) is 1. The topological polar surface area (TPSA) is 46.6 Å². The summed E-state index contributed by atoms with van der Waals surface area (Å²) in [5.41, 5.74) is 0.295. The van der Waals surface area contributed by atoms with E-state index in [1.54, 1.807) is 6.92 Å². The molecule has 1 rings (SSSR count). The normalized spacial score (nSPS) is 10.0. The van der Waals surface area contributed by atoms with E-state index < -0.39 is 11.8 Å². The van der Waals surface area contributed by atoms with Crippen molar-refractivity contribution >= 4 is 27.8 Å². The van der Waals surface area contributed by atoms with E-state index in [-0.39, 0.29) is 19.1 Å². The lowest BCUT2D eigenvalue weighted by Crippen LogP contribution is -2.33. The number of halogens is 2. The molecule has 0 saturated carbocycles. The summed E-state index contributed by atoms with van der Waals surface area (Å²) in [4.78, 5) is 24.4. The summed E-state index contributed by atoms with van der Waals surface area (Å²) in [6.45, 7) is 1.81. The highest BCUT2D eigenvalue weighted by Gasteiger charge is 2.18. The molecule has 0 aliphatic carbocycles. The average Bonchev–Trinajstić information content (AvgIpc) is 2.28. The van der Waals surface area contributed by atoms with Gasteiger partial charge in [-0.15, -0.1) is 0 Å². The maximum Gasteiger partial charge on any atom is 0.325 e. The predicted molar refractivity (Wildman–Crippen MR) is 67.7 cm³/mol. The molecule has 0 saturated heterocycles. The molecule has 0 aliphatic heterocycles. The third kappa shape index (κ3) is 3.80. The Bertz CT molecular complexity index is 465. The summed E-state index contributed by atoms with van der Waals surface area (Å²) < 4.78 is 18.0. The minimum Gasteiger partial charge on any atom is -0.465 e. The first-order chi connectivity index (χ1) is 8.45. The van der Waals surface area contributed by atoms with Crippen molar-refractivity contribution in [1.29, 1.82) is 0 Å². The number of amides is 1. The van der Waals surface area contributed by atoms with Crippen molar-refractivity contribution in [3.63, 3.8) is 0 Å². The van der Waals surface area contributed by atoms with Crippen molar-refractivity contribution in [3.05, 3.63) is 34.1 Å². The van der Waals surface area contributed by atoms with Crippen LogP contribution in [0.15, 0.2) is 22.7 Å². The summed E-state index contributed by atoms with van der Waals surface area (Å²) in [5.74, 6) is -1.30. The third-order valence-electron chi connectivity index (χ3n) is 2.18. The van der Waals surface area contributed by atoms with E-state index in [0.29, 0.717) is 10.0 Å². The molecule has 0 heterocycles. The SMILES string of the molecule is CCOC(=O)CN(C)C(=O)c1ccc(F)cc1Br. The van der Waals surface area contributed by atoms with Crippen LogP contribution in [-0.2, 0) is 9.53 Å². The van der Waals surface area contributed by atoms with Crippen molar-refractivity contribution in [3.8, 4) is 0 Å². The second-order valence-electron chi connectivity index (χ2n) is 3.59. The van der Waals surface area contributed by atoms with Crippen LogP contribution in [0.3, 0.4) is 0 Å². The minimum atomic E-state index is -0.480. The summed E-state index contributed by atoms with van der Waals surface area (Å²) in [6.07, 6.45) is 0. The lowest BCUT2D eigenvalue weighted by atomic mass is 10.2. The van der Waals surface area contributed by atoms with Gasteiger partial charge in [0.25, 0.3) is 5.91 Å². The molecule has 0 bridgehead atoms. The van der Waals surface area contributed by atoms with Crippen molar-refractivity contribution in [2.45, 2.75) is 6.92 Å². The van der Waals surface area contributed by atoms with Gasteiger partial charge < -0.3 is 9.64 Å². The summed E-state index contributed by atoms with van der Waals surface area (Å²) in [6, 6.07) is 3.75.